The Bertz CT molecular complexity index is 755. The molecule has 126 valence electrons. The van der Waals surface area contributed by atoms with Crippen LogP contribution >= 0.6 is 23.2 Å². The van der Waals surface area contributed by atoms with Gasteiger partial charge in [0.05, 0.1) is 10.7 Å². The summed E-state index contributed by atoms with van der Waals surface area (Å²) in [6, 6.07) is 10.3. The molecule has 5 nitrogen and oxygen atoms in total. The van der Waals surface area contributed by atoms with Gasteiger partial charge in [0.15, 0.2) is 13.2 Å². The van der Waals surface area contributed by atoms with Gasteiger partial charge in [0.1, 0.15) is 11.6 Å². The molecule has 0 heterocycles. The van der Waals surface area contributed by atoms with Crippen LogP contribution in [0.2, 0.25) is 10.0 Å². The maximum Gasteiger partial charge on any atom is 0.344 e. The highest BCUT2D eigenvalue weighted by atomic mass is 35.5. The van der Waals surface area contributed by atoms with Gasteiger partial charge in [-0.1, -0.05) is 35.3 Å². The molecule has 0 saturated carbocycles. The molecule has 0 aliphatic carbocycles. The highest BCUT2D eigenvalue weighted by Gasteiger charge is 2.12. The van der Waals surface area contributed by atoms with Crippen molar-refractivity contribution in [3.8, 4) is 5.75 Å². The molecule has 0 spiro atoms. The van der Waals surface area contributed by atoms with E-state index in [0.29, 0.717) is 10.8 Å². The number of amides is 1. The van der Waals surface area contributed by atoms with Crippen molar-refractivity contribution in [3.05, 3.63) is 58.3 Å². The molecule has 0 atom stereocenters. The minimum Gasteiger partial charge on any atom is -0.480 e. The Morgan fingerprint density at radius 3 is 2.58 bits per heavy atom. The number of benzene rings is 2. The second-order valence-electron chi connectivity index (χ2n) is 4.55. The molecule has 0 aliphatic heterocycles. The molecule has 2 aromatic rings. The van der Waals surface area contributed by atoms with Crippen LogP contribution in [-0.4, -0.2) is 25.1 Å². The summed E-state index contributed by atoms with van der Waals surface area (Å²) in [5.74, 6) is -1.80. The molecule has 8 heteroatoms. The van der Waals surface area contributed by atoms with Gasteiger partial charge in [-0.25, -0.2) is 9.18 Å². The minimum absolute atomic E-state index is 0.101. The van der Waals surface area contributed by atoms with Crippen molar-refractivity contribution < 1.29 is 23.5 Å². The first-order chi connectivity index (χ1) is 11.5. The van der Waals surface area contributed by atoms with Crippen LogP contribution in [0.1, 0.15) is 0 Å². The fourth-order valence-electron chi connectivity index (χ4n) is 1.67. The molecule has 0 aromatic heterocycles. The molecule has 0 unspecified atom stereocenters. The molecular weight excluding hydrogens is 360 g/mol. The summed E-state index contributed by atoms with van der Waals surface area (Å²) in [6.45, 7) is -1.00. The normalized spacial score (nSPS) is 10.1. The molecule has 0 fully saturated rings. The number of anilines is 1. The zero-order chi connectivity index (χ0) is 17.5. The van der Waals surface area contributed by atoms with Crippen LogP contribution < -0.4 is 10.1 Å². The molecule has 0 radical (unpaired) electrons. The molecule has 24 heavy (non-hydrogen) atoms. The molecule has 0 aliphatic rings. The van der Waals surface area contributed by atoms with E-state index in [-0.39, 0.29) is 10.7 Å². The molecule has 2 aromatic carbocycles. The summed E-state index contributed by atoms with van der Waals surface area (Å²) in [6.07, 6.45) is 0. The van der Waals surface area contributed by atoms with Gasteiger partial charge in [-0.3, -0.25) is 4.79 Å². The summed E-state index contributed by atoms with van der Waals surface area (Å²) in [4.78, 5) is 23.2. The predicted octanol–water partition coefficient (Wildman–Crippen LogP) is 3.69. The van der Waals surface area contributed by atoms with Crippen LogP contribution in [0.5, 0.6) is 5.75 Å². The number of nitrogens with one attached hydrogen (secondary N) is 1. The van der Waals surface area contributed by atoms with Gasteiger partial charge in [-0.2, -0.15) is 0 Å². The minimum atomic E-state index is -0.767. The van der Waals surface area contributed by atoms with E-state index < -0.39 is 30.9 Å². The van der Waals surface area contributed by atoms with Crippen LogP contribution in [0.3, 0.4) is 0 Å². The van der Waals surface area contributed by atoms with Gasteiger partial charge in [0.25, 0.3) is 5.91 Å². The Morgan fingerprint density at radius 1 is 1.08 bits per heavy atom. The number of para-hydroxylation sites is 1. The highest BCUT2D eigenvalue weighted by Crippen LogP contribution is 2.23. The summed E-state index contributed by atoms with van der Waals surface area (Å²) < 4.78 is 23.4. The van der Waals surface area contributed by atoms with Gasteiger partial charge in [-0.05, 0) is 30.3 Å². The Hall–Kier alpha value is -2.31. The molecule has 1 amide bonds. The van der Waals surface area contributed by atoms with E-state index >= 15 is 0 Å². The molecule has 0 saturated heterocycles. The van der Waals surface area contributed by atoms with Gasteiger partial charge in [0.2, 0.25) is 0 Å². The fourth-order valence-corrected chi connectivity index (χ4v) is 2.03. The number of rotatable bonds is 6. The average Bonchev–Trinajstić information content (AvgIpc) is 2.55. The topological polar surface area (TPSA) is 64.6 Å². The average molecular weight is 372 g/mol. The zero-order valence-corrected chi connectivity index (χ0v) is 13.7. The molecule has 0 bridgehead atoms. The smallest absolute Gasteiger partial charge is 0.344 e. The number of carbonyl (C=O) groups excluding carboxylic acids is 2. The van der Waals surface area contributed by atoms with E-state index in [1.165, 1.54) is 12.1 Å². The van der Waals surface area contributed by atoms with Crippen LogP contribution in [0.15, 0.2) is 42.5 Å². The Morgan fingerprint density at radius 2 is 1.83 bits per heavy atom. The number of carbonyl (C=O) groups is 2. The van der Waals surface area contributed by atoms with E-state index in [1.807, 2.05) is 0 Å². The Kier molecular flexibility index (Phi) is 6.40. The van der Waals surface area contributed by atoms with Gasteiger partial charge in [-0.15, -0.1) is 0 Å². The molecule has 2 rings (SSSR count). The van der Waals surface area contributed by atoms with E-state index in [0.717, 1.165) is 6.07 Å². The van der Waals surface area contributed by atoms with Crippen molar-refractivity contribution in [1.29, 1.82) is 0 Å². The third-order valence-electron chi connectivity index (χ3n) is 2.75. The number of ether oxygens (including phenoxy) is 2. The van der Waals surface area contributed by atoms with Crippen molar-refractivity contribution >= 4 is 40.8 Å². The van der Waals surface area contributed by atoms with Crippen LogP contribution in [0.25, 0.3) is 0 Å². The maximum absolute atomic E-state index is 13.5. The highest BCUT2D eigenvalue weighted by molar-refractivity contribution is 6.32. The summed E-state index contributed by atoms with van der Waals surface area (Å²) in [5, 5.41) is 2.86. The lowest BCUT2D eigenvalue weighted by Gasteiger charge is -2.09. The van der Waals surface area contributed by atoms with E-state index in [2.05, 4.69) is 5.32 Å². The monoisotopic (exact) mass is 371 g/mol. The summed E-state index contributed by atoms with van der Waals surface area (Å²) >= 11 is 11.6. The standard InChI is InChI=1S/C16H12Cl2FNO4/c17-10-5-6-12(19)13(7-10)20-15(21)8-24-16(22)9-23-14-4-2-1-3-11(14)18/h1-7H,8-9H2,(H,20,21). The first-order valence-electron chi connectivity index (χ1n) is 6.73. The summed E-state index contributed by atoms with van der Waals surface area (Å²) in [7, 11) is 0. The summed E-state index contributed by atoms with van der Waals surface area (Å²) in [5.41, 5.74) is -0.101. The lowest BCUT2D eigenvalue weighted by Crippen LogP contribution is -2.24. The van der Waals surface area contributed by atoms with Crippen molar-refractivity contribution in [2.24, 2.45) is 0 Å². The van der Waals surface area contributed by atoms with E-state index in [1.54, 1.807) is 24.3 Å². The molecular formula is C16H12Cl2FNO4. The van der Waals surface area contributed by atoms with Crippen LogP contribution in [0, 0.1) is 5.82 Å². The van der Waals surface area contributed by atoms with Gasteiger partial charge < -0.3 is 14.8 Å². The Balaban J connectivity index is 1.78. The van der Waals surface area contributed by atoms with Crippen molar-refractivity contribution in [1.82, 2.24) is 0 Å². The fraction of sp³-hybridized carbons (Fsp3) is 0.125. The van der Waals surface area contributed by atoms with E-state index in [9.17, 15) is 14.0 Å². The van der Waals surface area contributed by atoms with Gasteiger partial charge >= 0.3 is 5.97 Å². The number of esters is 1. The zero-order valence-electron chi connectivity index (χ0n) is 12.2. The quantitative estimate of drug-likeness (QED) is 0.786. The first-order valence-corrected chi connectivity index (χ1v) is 7.49. The SMILES string of the molecule is O=C(COC(=O)COc1ccccc1Cl)Nc1cc(Cl)ccc1F. The predicted molar refractivity (Wildman–Crippen MR) is 87.9 cm³/mol. The third kappa shape index (κ3) is 5.40. The van der Waals surface area contributed by atoms with Crippen LogP contribution in [-0.2, 0) is 14.3 Å². The maximum atomic E-state index is 13.5. The number of halogens is 3. The number of hydrogen-bond donors (Lipinski definition) is 1. The van der Waals surface area contributed by atoms with E-state index in [4.69, 9.17) is 32.7 Å². The van der Waals surface area contributed by atoms with Crippen molar-refractivity contribution in [2.75, 3.05) is 18.5 Å². The molecule has 1 N–H and O–H groups in total. The lowest BCUT2D eigenvalue weighted by atomic mass is 10.3. The van der Waals surface area contributed by atoms with Crippen molar-refractivity contribution in [2.45, 2.75) is 0 Å². The lowest BCUT2D eigenvalue weighted by molar-refractivity contribution is -0.149. The van der Waals surface area contributed by atoms with Crippen LogP contribution in [0.4, 0.5) is 10.1 Å². The second kappa shape index (κ2) is 8.52. The first kappa shape index (κ1) is 18.0. The second-order valence-corrected chi connectivity index (χ2v) is 5.40. The third-order valence-corrected chi connectivity index (χ3v) is 3.30. The van der Waals surface area contributed by atoms with Gasteiger partial charge in [0, 0.05) is 5.02 Å². The van der Waals surface area contributed by atoms with Crippen molar-refractivity contribution in [3.63, 3.8) is 0 Å². The largest absolute Gasteiger partial charge is 0.480 e. The number of hydrogen-bond acceptors (Lipinski definition) is 4. The Labute approximate surface area is 147 Å².